The molecule has 1 atom stereocenters. The number of carbonyl (C=O) groups is 2. The van der Waals surface area contributed by atoms with Crippen molar-refractivity contribution in [2.24, 2.45) is 5.92 Å². The number of hydrogen-bond acceptors (Lipinski definition) is 5. The Morgan fingerprint density at radius 1 is 1.10 bits per heavy atom. The zero-order chi connectivity index (χ0) is 20.4. The van der Waals surface area contributed by atoms with Crippen molar-refractivity contribution in [2.75, 3.05) is 19.3 Å². The van der Waals surface area contributed by atoms with Gasteiger partial charge in [0.25, 0.3) is 5.91 Å². The Kier molecular flexibility index (Phi) is 5.53. The summed E-state index contributed by atoms with van der Waals surface area (Å²) >= 11 is 1.63. The van der Waals surface area contributed by atoms with E-state index in [0.717, 1.165) is 17.7 Å². The van der Waals surface area contributed by atoms with Gasteiger partial charge in [-0.2, -0.15) is 0 Å². The number of hydrogen-bond donors (Lipinski definition) is 0. The Hall–Kier alpha value is -2.86. The molecule has 0 spiro atoms. The molecular formula is C23H21NO4S. The summed E-state index contributed by atoms with van der Waals surface area (Å²) < 4.78 is 5.30. The molecule has 0 N–H and O–H groups in total. The minimum Gasteiger partial charge on any atom is -0.422 e. The first-order valence-corrected chi connectivity index (χ1v) is 10.8. The number of likely N-dealkylation sites (tertiary alicyclic amines) is 1. The van der Waals surface area contributed by atoms with Crippen molar-refractivity contribution in [3.05, 3.63) is 76.1 Å². The molecule has 4 rings (SSSR count). The fraction of sp³-hybridized carbons (Fsp3) is 0.261. The predicted octanol–water partition coefficient (Wildman–Crippen LogP) is 4.25. The molecule has 1 saturated heterocycles. The lowest BCUT2D eigenvalue weighted by Crippen LogP contribution is -2.43. The highest BCUT2D eigenvalue weighted by molar-refractivity contribution is 7.98. The van der Waals surface area contributed by atoms with Crippen LogP contribution >= 0.6 is 11.8 Å². The summed E-state index contributed by atoms with van der Waals surface area (Å²) in [5, 5.41) is 0.703. The van der Waals surface area contributed by atoms with Crippen LogP contribution in [0.15, 0.2) is 68.7 Å². The van der Waals surface area contributed by atoms with Crippen LogP contribution in [0.25, 0.3) is 11.0 Å². The van der Waals surface area contributed by atoms with Crippen molar-refractivity contribution < 1.29 is 14.0 Å². The molecule has 6 heteroatoms. The molecule has 1 aliphatic rings. The van der Waals surface area contributed by atoms with Crippen LogP contribution in [0.5, 0.6) is 0 Å². The van der Waals surface area contributed by atoms with Crippen LogP contribution in [0, 0.1) is 5.92 Å². The van der Waals surface area contributed by atoms with Crippen LogP contribution in [0.2, 0.25) is 0 Å². The van der Waals surface area contributed by atoms with E-state index in [9.17, 15) is 14.4 Å². The van der Waals surface area contributed by atoms with Gasteiger partial charge in [-0.05, 0) is 43.4 Å². The van der Waals surface area contributed by atoms with Crippen LogP contribution in [0.4, 0.5) is 0 Å². The Bertz CT molecular complexity index is 1120. The van der Waals surface area contributed by atoms with E-state index in [4.69, 9.17) is 4.42 Å². The second-order valence-corrected chi connectivity index (χ2v) is 8.05. The molecule has 3 aromatic rings. The van der Waals surface area contributed by atoms with Gasteiger partial charge in [0.1, 0.15) is 11.1 Å². The largest absolute Gasteiger partial charge is 0.422 e. The molecule has 5 nitrogen and oxygen atoms in total. The van der Waals surface area contributed by atoms with Gasteiger partial charge in [0.2, 0.25) is 0 Å². The third-order valence-corrected chi connectivity index (χ3v) is 6.07. The van der Waals surface area contributed by atoms with Gasteiger partial charge in [0, 0.05) is 34.9 Å². The zero-order valence-electron chi connectivity index (χ0n) is 16.1. The minimum atomic E-state index is -0.644. The van der Waals surface area contributed by atoms with Crippen molar-refractivity contribution in [1.82, 2.24) is 4.90 Å². The van der Waals surface area contributed by atoms with Gasteiger partial charge in [0.05, 0.1) is 0 Å². The Labute approximate surface area is 172 Å². The average Bonchev–Trinajstić information content (AvgIpc) is 2.77. The summed E-state index contributed by atoms with van der Waals surface area (Å²) in [6.45, 7) is 0.842. The fourth-order valence-electron chi connectivity index (χ4n) is 3.75. The molecule has 2 heterocycles. The van der Waals surface area contributed by atoms with Crippen molar-refractivity contribution in [3.63, 3.8) is 0 Å². The molecule has 1 fully saturated rings. The molecule has 29 heavy (non-hydrogen) atoms. The summed E-state index contributed by atoms with van der Waals surface area (Å²) in [5.74, 6) is -0.597. The van der Waals surface area contributed by atoms with Crippen molar-refractivity contribution >= 4 is 34.4 Å². The van der Waals surface area contributed by atoms with E-state index in [1.807, 2.05) is 36.6 Å². The van der Waals surface area contributed by atoms with Crippen LogP contribution in [-0.2, 0) is 0 Å². The van der Waals surface area contributed by atoms with E-state index in [-0.39, 0.29) is 23.2 Å². The number of amides is 1. The average molecular weight is 407 g/mol. The zero-order valence-corrected chi connectivity index (χ0v) is 16.9. The van der Waals surface area contributed by atoms with Gasteiger partial charge in [-0.1, -0.05) is 30.3 Å². The molecular weight excluding hydrogens is 386 g/mol. The number of Topliss-reactive ketones (excluding diaryl/α,β-unsaturated/α-hetero) is 1. The van der Waals surface area contributed by atoms with E-state index < -0.39 is 5.63 Å². The van der Waals surface area contributed by atoms with Crippen molar-refractivity contribution in [1.29, 1.82) is 0 Å². The maximum absolute atomic E-state index is 13.0. The smallest absolute Gasteiger partial charge is 0.349 e. The predicted molar refractivity (Wildman–Crippen MR) is 114 cm³/mol. The number of fused-ring (bicyclic) bond motifs is 1. The van der Waals surface area contributed by atoms with Crippen molar-refractivity contribution in [2.45, 2.75) is 17.7 Å². The summed E-state index contributed by atoms with van der Waals surface area (Å²) in [5.41, 5.74) is 0.484. The van der Waals surface area contributed by atoms with Crippen LogP contribution in [0.1, 0.15) is 33.6 Å². The summed E-state index contributed by atoms with van der Waals surface area (Å²) in [6, 6.07) is 16.2. The highest BCUT2D eigenvalue weighted by Gasteiger charge is 2.30. The van der Waals surface area contributed by atoms with Gasteiger partial charge in [-0.3, -0.25) is 9.59 Å². The topological polar surface area (TPSA) is 67.6 Å². The number of thioether (sulfide) groups is 1. The fourth-order valence-corrected chi connectivity index (χ4v) is 4.16. The molecule has 0 bridgehead atoms. The number of benzene rings is 2. The maximum Gasteiger partial charge on any atom is 0.349 e. The molecule has 1 aromatic heterocycles. The second-order valence-electron chi connectivity index (χ2n) is 7.17. The standard InChI is InChI=1S/C23H21NO4S/c1-29-18-10-8-15(9-11-18)21(25)17-6-4-12-24(14-17)22(26)19-13-16-5-2-3-7-20(16)28-23(19)27/h2-3,5,7-11,13,17H,4,6,12,14H2,1H3/t17-/m0/s1. The Morgan fingerprint density at radius 3 is 2.62 bits per heavy atom. The molecule has 0 aliphatic carbocycles. The quantitative estimate of drug-likeness (QED) is 0.367. The Morgan fingerprint density at radius 2 is 1.86 bits per heavy atom. The van der Waals surface area contributed by atoms with Gasteiger partial charge in [-0.15, -0.1) is 11.8 Å². The van der Waals surface area contributed by atoms with E-state index >= 15 is 0 Å². The minimum absolute atomic E-state index is 0.0149. The molecule has 1 aliphatic heterocycles. The lowest BCUT2D eigenvalue weighted by molar-refractivity contribution is 0.0634. The highest BCUT2D eigenvalue weighted by atomic mass is 32.2. The van der Waals surface area contributed by atoms with E-state index in [2.05, 4.69) is 0 Å². The SMILES string of the molecule is CSc1ccc(C(=O)[C@H]2CCCN(C(=O)c3cc4ccccc4oc3=O)C2)cc1. The van der Waals surface area contributed by atoms with Crippen LogP contribution in [-0.4, -0.2) is 35.9 Å². The highest BCUT2D eigenvalue weighted by Crippen LogP contribution is 2.24. The van der Waals surface area contributed by atoms with Gasteiger partial charge < -0.3 is 9.32 Å². The first-order valence-electron chi connectivity index (χ1n) is 9.57. The molecule has 0 unspecified atom stereocenters. The third-order valence-electron chi connectivity index (χ3n) is 5.33. The maximum atomic E-state index is 13.0. The number of nitrogens with zero attached hydrogens (tertiary/aromatic N) is 1. The van der Waals surface area contributed by atoms with Gasteiger partial charge >= 0.3 is 5.63 Å². The number of piperidine rings is 1. The molecule has 2 aromatic carbocycles. The van der Waals surface area contributed by atoms with Crippen molar-refractivity contribution in [3.8, 4) is 0 Å². The van der Waals surface area contributed by atoms with E-state index in [1.54, 1.807) is 40.9 Å². The summed E-state index contributed by atoms with van der Waals surface area (Å²) in [6.07, 6.45) is 3.45. The lowest BCUT2D eigenvalue weighted by atomic mass is 9.89. The van der Waals surface area contributed by atoms with E-state index in [1.165, 1.54) is 0 Å². The molecule has 1 amide bonds. The molecule has 0 saturated carbocycles. The second kappa shape index (κ2) is 8.25. The number of rotatable bonds is 4. The number of carbonyl (C=O) groups excluding carboxylic acids is 2. The van der Waals surface area contributed by atoms with Gasteiger partial charge in [-0.25, -0.2) is 4.79 Å². The third kappa shape index (κ3) is 3.98. The van der Waals surface area contributed by atoms with Crippen LogP contribution in [0.3, 0.4) is 0 Å². The first kappa shape index (κ1) is 19.5. The Balaban J connectivity index is 1.54. The molecule has 148 valence electrons. The molecule has 0 radical (unpaired) electrons. The van der Waals surface area contributed by atoms with E-state index in [0.29, 0.717) is 29.6 Å². The summed E-state index contributed by atoms with van der Waals surface area (Å²) in [7, 11) is 0. The normalized spacial score (nSPS) is 16.7. The van der Waals surface area contributed by atoms with Gasteiger partial charge in [0.15, 0.2) is 5.78 Å². The monoisotopic (exact) mass is 407 g/mol. The first-order chi connectivity index (χ1) is 14.1. The number of ketones is 1. The van der Waals surface area contributed by atoms with Crippen LogP contribution < -0.4 is 5.63 Å². The number of para-hydroxylation sites is 1. The lowest BCUT2D eigenvalue weighted by Gasteiger charge is -2.32. The summed E-state index contributed by atoms with van der Waals surface area (Å²) in [4.78, 5) is 41.0.